The molecule has 1 atom stereocenters. The number of nitrogens with two attached hydrogens (primary N) is 1. The maximum absolute atomic E-state index is 12.7. The molecule has 0 aliphatic rings. The van der Waals surface area contributed by atoms with Crippen LogP contribution < -0.4 is 11.3 Å². The highest BCUT2D eigenvalue weighted by molar-refractivity contribution is 6.35. The Kier molecular flexibility index (Phi) is 3.48. The van der Waals surface area contributed by atoms with Crippen LogP contribution in [0.5, 0.6) is 0 Å². The van der Waals surface area contributed by atoms with Crippen molar-refractivity contribution < 1.29 is 0 Å². The number of benzene rings is 1. The van der Waals surface area contributed by atoms with E-state index in [1.165, 1.54) is 4.57 Å². The van der Waals surface area contributed by atoms with Gasteiger partial charge in [0.15, 0.2) is 0 Å². The molecule has 3 rings (SSSR count). The van der Waals surface area contributed by atoms with Crippen molar-refractivity contribution in [2.45, 2.75) is 19.5 Å². The number of rotatable bonds is 3. The van der Waals surface area contributed by atoms with Gasteiger partial charge in [-0.05, 0) is 25.1 Å². The quantitative estimate of drug-likeness (QED) is 0.772. The lowest BCUT2D eigenvalue weighted by Gasteiger charge is -2.15. The van der Waals surface area contributed by atoms with E-state index in [4.69, 9.17) is 17.3 Å². The van der Waals surface area contributed by atoms with Gasteiger partial charge in [-0.25, -0.2) is 4.98 Å². The van der Waals surface area contributed by atoms with Gasteiger partial charge in [0.25, 0.3) is 5.56 Å². The van der Waals surface area contributed by atoms with E-state index in [0.717, 1.165) is 5.69 Å². The molecule has 2 heterocycles. The Bertz CT molecular complexity index is 838. The van der Waals surface area contributed by atoms with Crippen LogP contribution in [-0.4, -0.2) is 19.7 Å². The number of fused-ring (bicyclic) bond motifs is 1. The lowest BCUT2D eigenvalue weighted by atomic mass is 10.2. The second kappa shape index (κ2) is 5.31. The summed E-state index contributed by atoms with van der Waals surface area (Å²) in [6, 6.07) is 6.63. The molecule has 1 aromatic carbocycles. The van der Waals surface area contributed by atoms with Crippen LogP contribution in [0.25, 0.3) is 10.9 Å². The molecule has 0 radical (unpaired) electrons. The number of halogens is 1. The number of hydrogen-bond donors (Lipinski definition) is 2. The Hall–Kier alpha value is -2.18. The van der Waals surface area contributed by atoms with Gasteiger partial charge in [0, 0.05) is 6.20 Å². The van der Waals surface area contributed by atoms with Crippen LogP contribution in [0.15, 0.2) is 35.3 Å². The first-order valence-corrected chi connectivity index (χ1v) is 6.88. The molecule has 2 aromatic heterocycles. The van der Waals surface area contributed by atoms with Crippen molar-refractivity contribution in [1.29, 1.82) is 0 Å². The van der Waals surface area contributed by atoms with Crippen LogP contribution in [0.4, 0.5) is 0 Å². The summed E-state index contributed by atoms with van der Waals surface area (Å²) in [5.41, 5.74) is 7.11. The van der Waals surface area contributed by atoms with Crippen LogP contribution in [0.3, 0.4) is 0 Å². The Labute approximate surface area is 125 Å². The van der Waals surface area contributed by atoms with Gasteiger partial charge in [0.05, 0.1) is 34.2 Å². The number of aromatic amines is 1. The normalized spacial score (nSPS) is 12.7. The molecule has 7 heteroatoms. The first-order chi connectivity index (χ1) is 10.1. The van der Waals surface area contributed by atoms with Crippen molar-refractivity contribution in [3.05, 3.63) is 57.4 Å². The minimum atomic E-state index is -0.371. The minimum absolute atomic E-state index is 0.201. The molecule has 0 saturated heterocycles. The van der Waals surface area contributed by atoms with Gasteiger partial charge in [-0.3, -0.25) is 14.5 Å². The van der Waals surface area contributed by atoms with Crippen molar-refractivity contribution in [2.75, 3.05) is 0 Å². The summed E-state index contributed by atoms with van der Waals surface area (Å²) < 4.78 is 1.53. The van der Waals surface area contributed by atoms with Crippen molar-refractivity contribution in [3.8, 4) is 0 Å². The van der Waals surface area contributed by atoms with Crippen LogP contribution >= 0.6 is 11.6 Å². The predicted octanol–water partition coefficient (Wildman–Crippen LogP) is 1.84. The van der Waals surface area contributed by atoms with Crippen molar-refractivity contribution in [3.63, 3.8) is 0 Å². The second-order valence-corrected chi connectivity index (χ2v) is 5.27. The Morgan fingerprint density at radius 3 is 2.90 bits per heavy atom. The molecular formula is C14H14ClN5O. The topological polar surface area (TPSA) is 89.6 Å². The van der Waals surface area contributed by atoms with Crippen LogP contribution in [-0.2, 0) is 6.54 Å². The molecule has 0 bridgehead atoms. The average molecular weight is 304 g/mol. The standard InChI is InChI=1S/C14H14ClN5O/c1-8(16)13-18-11-4-2-3-10(15)12(11)14(21)20(13)7-9-5-6-17-19-9/h2-6,8H,7,16H2,1H3,(H,17,19). The summed E-state index contributed by atoms with van der Waals surface area (Å²) in [6.45, 7) is 2.12. The molecule has 1 unspecified atom stereocenters. The summed E-state index contributed by atoms with van der Waals surface area (Å²) in [7, 11) is 0. The number of H-pyrrole nitrogens is 1. The Morgan fingerprint density at radius 1 is 1.43 bits per heavy atom. The Balaban J connectivity index is 2.29. The molecule has 3 aromatic rings. The van der Waals surface area contributed by atoms with Gasteiger partial charge in [0.1, 0.15) is 5.82 Å². The van der Waals surface area contributed by atoms with Gasteiger partial charge in [-0.1, -0.05) is 17.7 Å². The highest BCUT2D eigenvalue weighted by atomic mass is 35.5. The zero-order chi connectivity index (χ0) is 15.0. The third kappa shape index (κ3) is 2.43. The van der Waals surface area contributed by atoms with E-state index in [1.54, 1.807) is 37.4 Å². The summed E-state index contributed by atoms with van der Waals surface area (Å²) >= 11 is 6.14. The Morgan fingerprint density at radius 2 is 2.24 bits per heavy atom. The molecular weight excluding hydrogens is 290 g/mol. The molecule has 0 saturated carbocycles. The summed E-state index contributed by atoms with van der Waals surface area (Å²) in [5.74, 6) is 0.518. The molecule has 0 amide bonds. The van der Waals surface area contributed by atoms with Crippen LogP contribution in [0.2, 0.25) is 5.02 Å². The van der Waals surface area contributed by atoms with Gasteiger partial charge in [-0.2, -0.15) is 5.10 Å². The summed E-state index contributed by atoms with van der Waals surface area (Å²) in [4.78, 5) is 17.2. The SMILES string of the molecule is CC(N)c1nc2cccc(Cl)c2c(=O)n1Cc1ccn[nH]1. The second-order valence-electron chi connectivity index (χ2n) is 4.87. The molecule has 6 nitrogen and oxygen atoms in total. The number of hydrogen-bond acceptors (Lipinski definition) is 4. The fourth-order valence-corrected chi connectivity index (χ4v) is 2.53. The van der Waals surface area contributed by atoms with E-state index in [1.807, 2.05) is 0 Å². The zero-order valence-corrected chi connectivity index (χ0v) is 12.1. The zero-order valence-electron chi connectivity index (χ0n) is 11.4. The smallest absolute Gasteiger partial charge is 0.263 e. The molecule has 0 aliphatic heterocycles. The van der Waals surface area contributed by atoms with E-state index in [-0.39, 0.29) is 11.6 Å². The molecule has 21 heavy (non-hydrogen) atoms. The minimum Gasteiger partial charge on any atom is -0.322 e. The maximum Gasteiger partial charge on any atom is 0.263 e. The fraction of sp³-hybridized carbons (Fsp3) is 0.214. The van der Waals surface area contributed by atoms with Crippen molar-refractivity contribution in [1.82, 2.24) is 19.7 Å². The van der Waals surface area contributed by atoms with Gasteiger partial charge >= 0.3 is 0 Å². The van der Waals surface area contributed by atoms with Gasteiger partial charge in [-0.15, -0.1) is 0 Å². The summed E-state index contributed by atoms with van der Waals surface area (Å²) in [5, 5.41) is 7.51. The summed E-state index contributed by atoms with van der Waals surface area (Å²) in [6.07, 6.45) is 1.63. The largest absolute Gasteiger partial charge is 0.322 e. The first kappa shape index (κ1) is 13.8. The molecule has 0 spiro atoms. The molecule has 0 aliphatic carbocycles. The lowest BCUT2D eigenvalue weighted by Crippen LogP contribution is -2.29. The highest BCUT2D eigenvalue weighted by Crippen LogP contribution is 2.20. The third-order valence-corrected chi connectivity index (χ3v) is 3.57. The highest BCUT2D eigenvalue weighted by Gasteiger charge is 2.16. The average Bonchev–Trinajstić information content (AvgIpc) is 2.94. The van der Waals surface area contributed by atoms with Crippen LogP contribution in [0, 0.1) is 0 Å². The van der Waals surface area contributed by atoms with Gasteiger partial charge < -0.3 is 5.73 Å². The third-order valence-electron chi connectivity index (χ3n) is 3.26. The van der Waals surface area contributed by atoms with Crippen LogP contribution in [0.1, 0.15) is 24.5 Å². The lowest BCUT2D eigenvalue weighted by molar-refractivity contribution is 0.612. The first-order valence-electron chi connectivity index (χ1n) is 6.50. The van der Waals surface area contributed by atoms with Crippen molar-refractivity contribution in [2.24, 2.45) is 5.73 Å². The van der Waals surface area contributed by atoms with E-state index >= 15 is 0 Å². The van der Waals surface area contributed by atoms with E-state index in [0.29, 0.717) is 28.3 Å². The molecule has 108 valence electrons. The van der Waals surface area contributed by atoms with E-state index in [2.05, 4.69) is 15.2 Å². The predicted molar refractivity (Wildman–Crippen MR) is 81.3 cm³/mol. The van der Waals surface area contributed by atoms with Crippen molar-refractivity contribution >= 4 is 22.5 Å². The van der Waals surface area contributed by atoms with E-state index < -0.39 is 0 Å². The molecule has 3 N–H and O–H groups in total. The monoisotopic (exact) mass is 303 g/mol. The van der Waals surface area contributed by atoms with E-state index in [9.17, 15) is 4.79 Å². The fourth-order valence-electron chi connectivity index (χ4n) is 2.28. The number of nitrogens with one attached hydrogen (secondary N) is 1. The van der Waals surface area contributed by atoms with Gasteiger partial charge in [0.2, 0.25) is 0 Å². The maximum atomic E-state index is 12.7. The number of aromatic nitrogens is 4. The molecule has 0 fully saturated rings. The number of nitrogens with zero attached hydrogens (tertiary/aromatic N) is 3.